The summed E-state index contributed by atoms with van der Waals surface area (Å²) in [6, 6.07) is 0. The molecule has 1 spiro atoms. The number of hydrogen-bond donors (Lipinski definition) is 0. The van der Waals surface area contributed by atoms with Crippen molar-refractivity contribution in [3.05, 3.63) is 0 Å². The Bertz CT molecular complexity index is 189. The van der Waals surface area contributed by atoms with Crippen LogP contribution in [0.1, 0.15) is 25.7 Å². The van der Waals surface area contributed by atoms with Crippen LogP contribution < -0.4 is 0 Å². The summed E-state index contributed by atoms with van der Waals surface area (Å²) in [6.07, 6.45) is 7.46. The van der Waals surface area contributed by atoms with Gasteiger partial charge < -0.3 is 4.90 Å². The Hall–Kier alpha value is 0.177. The first kappa shape index (κ1) is 9.72. The van der Waals surface area contributed by atoms with Gasteiger partial charge in [0, 0.05) is 6.54 Å². The number of hydrogen-bond acceptors (Lipinski definition) is 1. The Morgan fingerprint density at radius 2 is 1.85 bits per heavy atom. The number of nitrogens with zero attached hydrogens (tertiary/aromatic N) is 1. The highest BCUT2D eigenvalue weighted by atomic mass is 28.3. The van der Waals surface area contributed by atoms with Crippen LogP contribution in [0.3, 0.4) is 0 Å². The largest absolute Gasteiger partial charge is 0.306 e. The van der Waals surface area contributed by atoms with E-state index in [2.05, 4.69) is 24.5 Å². The quantitative estimate of drug-likeness (QED) is 0.615. The van der Waals surface area contributed by atoms with Crippen molar-refractivity contribution in [1.29, 1.82) is 0 Å². The van der Waals surface area contributed by atoms with E-state index in [1.165, 1.54) is 44.9 Å². The van der Waals surface area contributed by atoms with Gasteiger partial charge in [-0.05, 0) is 43.8 Å². The molecule has 2 fully saturated rings. The molecular weight excluding hydrogens is 174 g/mol. The fourth-order valence-corrected chi connectivity index (χ4v) is 4.31. The van der Waals surface area contributed by atoms with E-state index >= 15 is 0 Å². The van der Waals surface area contributed by atoms with Gasteiger partial charge in [0.05, 0.1) is 8.07 Å². The third-order valence-electron chi connectivity index (χ3n) is 3.40. The molecule has 0 radical (unpaired) electrons. The van der Waals surface area contributed by atoms with Gasteiger partial charge in [0.1, 0.15) is 0 Å². The molecule has 13 heavy (non-hydrogen) atoms. The van der Waals surface area contributed by atoms with Gasteiger partial charge in [0.15, 0.2) is 0 Å². The third-order valence-corrected chi connectivity index (χ3v) is 4.79. The molecule has 1 aliphatic heterocycles. The molecule has 1 aliphatic carbocycles. The first-order chi connectivity index (χ1) is 5.99. The molecule has 0 N–H and O–H groups in total. The standard InChI is InChI=1S/C11H23NSi/c1-13(2,3)10-12-8-4-5-11(9-12)6-7-11/h4-10H2,1-3H3. The highest BCUT2D eigenvalue weighted by Crippen LogP contribution is 2.52. The van der Waals surface area contributed by atoms with Crippen LogP contribution in [0.4, 0.5) is 0 Å². The highest BCUT2D eigenvalue weighted by molar-refractivity contribution is 6.76. The van der Waals surface area contributed by atoms with E-state index in [0.29, 0.717) is 0 Å². The van der Waals surface area contributed by atoms with Crippen molar-refractivity contribution in [3.63, 3.8) is 0 Å². The molecular formula is C11H23NSi. The Morgan fingerprint density at radius 3 is 2.38 bits per heavy atom. The van der Waals surface area contributed by atoms with Crippen molar-refractivity contribution < 1.29 is 0 Å². The molecule has 76 valence electrons. The molecule has 0 aromatic rings. The van der Waals surface area contributed by atoms with Gasteiger partial charge in [-0.3, -0.25) is 0 Å². The number of rotatable bonds is 2. The van der Waals surface area contributed by atoms with Gasteiger partial charge in [-0.15, -0.1) is 0 Å². The predicted octanol–water partition coefficient (Wildman–Crippen LogP) is 2.74. The Morgan fingerprint density at radius 1 is 1.15 bits per heavy atom. The lowest BCUT2D eigenvalue weighted by molar-refractivity contribution is 0.182. The molecule has 0 atom stereocenters. The van der Waals surface area contributed by atoms with E-state index in [4.69, 9.17) is 0 Å². The molecule has 2 rings (SSSR count). The minimum Gasteiger partial charge on any atom is -0.306 e. The molecule has 1 nitrogen and oxygen atoms in total. The number of piperidine rings is 1. The maximum atomic E-state index is 2.75. The topological polar surface area (TPSA) is 3.24 Å². The van der Waals surface area contributed by atoms with Crippen molar-refractivity contribution in [1.82, 2.24) is 4.90 Å². The minimum atomic E-state index is -0.853. The summed E-state index contributed by atoms with van der Waals surface area (Å²) < 4.78 is 0. The van der Waals surface area contributed by atoms with E-state index in [9.17, 15) is 0 Å². The van der Waals surface area contributed by atoms with E-state index in [1.54, 1.807) is 0 Å². The van der Waals surface area contributed by atoms with Crippen LogP contribution >= 0.6 is 0 Å². The molecule has 0 bridgehead atoms. The second-order valence-corrected chi connectivity index (χ2v) is 11.8. The molecule has 0 aromatic heterocycles. The molecule has 1 saturated carbocycles. The van der Waals surface area contributed by atoms with Crippen molar-refractivity contribution in [2.75, 3.05) is 19.3 Å². The maximum absolute atomic E-state index is 2.75. The van der Waals surface area contributed by atoms with Gasteiger partial charge >= 0.3 is 0 Å². The molecule has 1 heterocycles. The molecule has 2 aliphatic rings. The van der Waals surface area contributed by atoms with Crippen LogP contribution in [0.15, 0.2) is 0 Å². The van der Waals surface area contributed by atoms with Gasteiger partial charge in [0.2, 0.25) is 0 Å². The van der Waals surface area contributed by atoms with Crippen LogP contribution in [-0.4, -0.2) is 32.2 Å². The summed E-state index contributed by atoms with van der Waals surface area (Å²) >= 11 is 0. The Kier molecular flexibility index (Phi) is 2.31. The van der Waals surface area contributed by atoms with Crippen molar-refractivity contribution in [2.24, 2.45) is 5.41 Å². The van der Waals surface area contributed by atoms with Gasteiger partial charge in [-0.1, -0.05) is 19.6 Å². The zero-order valence-electron chi connectivity index (χ0n) is 9.40. The summed E-state index contributed by atoms with van der Waals surface area (Å²) in [4.78, 5) is 2.75. The van der Waals surface area contributed by atoms with Crippen LogP contribution in [0.25, 0.3) is 0 Å². The summed E-state index contributed by atoms with van der Waals surface area (Å²) in [7, 11) is -0.853. The van der Waals surface area contributed by atoms with E-state index < -0.39 is 8.07 Å². The van der Waals surface area contributed by atoms with Crippen molar-refractivity contribution in [2.45, 2.75) is 45.3 Å². The van der Waals surface area contributed by atoms with Gasteiger partial charge in [0.25, 0.3) is 0 Å². The monoisotopic (exact) mass is 197 g/mol. The zero-order valence-corrected chi connectivity index (χ0v) is 10.4. The lowest BCUT2D eigenvalue weighted by Crippen LogP contribution is -2.45. The van der Waals surface area contributed by atoms with Gasteiger partial charge in [-0.2, -0.15) is 0 Å². The Labute approximate surface area is 83.5 Å². The van der Waals surface area contributed by atoms with E-state index in [0.717, 1.165) is 5.41 Å². The van der Waals surface area contributed by atoms with Crippen LogP contribution in [-0.2, 0) is 0 Å². The lowest BCUT2D eigenvalue weighted by atomic mass is 9.96. The van der Waals surface area contributed by atoms with E-state index in [-0.39, 0.29) is 0 Å². The Balaban J connectivity index is 1.86. The lowest BCUT2D eigenvalue weighted by Gasteiger charge is -2.36. The summed E-state index contributed by atoms with van der Waals surface area (Å²) in [5.74, 6) is 0. The predicted molar refractivity (Wildman–Crippen MR) is 60.7 cm³/mol. The maximum Gasteiger partial charge on any atom is 0.0599 e. The van der Waals surface area contributed by atoms with Crippen molar-refractivity contribution in [3.8, 4) is 0 Å². The number of likely N-dealkylation sites (tertiary alicyclic amines) is 1. The first-order valence-corrected chi connectivity index (χ1v) is 9.42. The molecule has 0 amide bonds. The van der Waals surface area contributed by atoms with Crippen LogP contribution in [0.5, 0.6) is 0 Å². The minimum absolute atomic E-state index is 0.817. The fourth-order valence-electron chi connectivity index (χ4n) is 2.70. The van der Waals surface area contributed by atoms with Crippen LogP contribution in [0.2, 0.25) is 19.6 Å². The smallest absolute Gasteiger partial charge is 0.0599 e. The fraction of sp³-hybridized carbons (Fsp3) is 1.00. The normalized spacial score (nSPS) is 27.9. The van der Waals surface area contributed by atoms with Crippen LogP contribution in [0, 0.1) is 5.41 Å². The highest BCUT2D eigenvalue weighted by Gasteiger charge is 2.45. The molecule has 0 unspecified atom stereocenters. The third kappa shape index (κ3) is 2.56. The average molecular weight is 197 g/mol. The zero-order chi connectivity index (χ0) is 9.53. The van der Waals surface area contributed by atoms with E-state index in [1.807, 2.05) is 0 Å². The summed E-state index contributed by atoms with van der Waals surface area (Å²) in [6.45, 7) is 10.3. The second-order valence-electron chi connectivity index (χ2n) is 6.37. The molecule has 0 aromatic carbocycles. The van der Waals surface area contributed by atoms with Gasteiger partial charge in [-0.25, -0.2) is 0 Å². The summed E-state index contributed by atoms with van der Waals surface area (Å²) in [5.41, 5.74) is 0.817. The molecule has 2 heteroatoms. The molecule has 1 saturated heterocycles. The summed E-state index contributed by atoms with van der Waals surface area (Å²) in [5, 5.41) is 0. The second kappa shape index (κ2) is 3.09. The van der Waals surface area contributed by atoms with Crippen molar-refractivity contribution >= 4 is 8.07 Å². The SMILES string of the molecule is C[Si](C)(C)CN1CCCC2(CC2)C1. The first-order valence-electron chi connectivity index (χ1n) is 5.72. The average Bonchev–Trinajstić information content (AvgIpc) is 2.65.